The second-order valence-electron chi connectivity index (χ2n) is 5.45. The second kappa shape index (κ2) is 7.65. The Bertz CT molecular complexity index is 670. The SMILES string of the molecule is C[C@H]([NH2+][C@H](CC(=O)c1ccc(F)cc1)C(=O)[O-])c1ccccc1. The Hall–Kier alpha value is -2.53. The number of nitrogens with two attached hydrogens (primary N) is 1. The number of hydrogen-bond acceptors (Lipinski definition) is 3. The highest BCUT2D eigenvalue weighted by Crippen LogP contribution is 2.09. The number of rotatable bonds is 7. The van der Waals surface area contributed by atoms with Crippen molar-refractivity contribution in [1.82, 2.24) is 0 Å². The summed E-state index contributed by atoms with van der Waals surface area (Å²) in [5.41, 5.74) is 1.26. The van der Waals surface area contributed by atoms with Crippen LogP contribution in [0.3, 0.4) is 0 Å². The molecule has 0 fully saturated rings. The van der Waals surface area contributed by atoms with E-state index < -0.39 is 17.8 Å². The van der Waals surface area contributed by atoms with Crippen LogP contribution in [0.4, 0.5) is 4.39 Å². The molecule has 0 aliphatic carbocycles. The molecular formula is C18H18FNO3. The summed E-state index contributed by atoms with van der Waals surface area (Å²) < 4.78 is 12.9. The predicted octanol–water partition coefficient (Wildman–Crippen LogP) is 0.842. The first-order valence-corrected chi connectivity index (χ1v) is 7.37. The van der Waals surface area contributed by atoms with E-state index in [4.69, 9.17) is 0 Å². The number of carboxylic acid groups (broad SMARTS) is 1. The monoisotopic (exact) mass is 315 g/mol. The summed E-state index contributed by atoms with van der Waals surface area (Å²) in [5.74, 6) is -2.08. The summed E-state index contributed by atoms with van der Waals surface area (Å²) >= 11 is 0. The maximum atomic E-state index is 12.9. The molecule has 2 atom stereocenters. The smallest absolute Gasteiger partial charge is 0.169 e. The molecule has 0 aliphatic rings. The lowest BCUT2D eigenvalue weighted by molar-refractivity contribution is -0.717. The Labute approximate surface area is 134 Å². The molecule has 0 radical (unpaired) electrons. The molecule has 0 unspecified atom stereocenters. The average Bonchev–Trinajstić information content (AvgIpc) is 2.55. The molecule has 0 aromatic heterocycles. The lowest BCUT2D eigenvalue weighted by Crippen LogP contribution is -2.93. The van der Waals surface area contributed by atoms with E-state index in [1.54, 1.807) is 5.32 Å². The van der Waals surface area contributed by atoms with E-state index in [1.807, 2.05) is 37.3 Å². The topological polar surface area (TPSA) is 73.8 Å². The van der Waals surface area contributed by atoms with Gasteiger partial charge >= 0.3 is 0 Å². The fourth-order valence-corrected chi connectivity index (χ4v) is 2.40. The first-order chi connectivity index (χ1) is 11.0. The number of aliphatic carboxylic acids is 1. The number of Topliss-reactive ketones (excluding diaryl/α,β-unsaturated/α-hetero) is 1. The second-order valence-corrected chi connectivity index (χ2v) is 5.45. The summed E-state index contributed by atoms with van der Waals surface area (Å²) in [7, 11) is 0. The molecule has 23 heavy (non-hydrogen) atoms. The summed E-state index contributed by atoms with van der Waals surface area (Å²) in [6.45, 7) is 1.87. The van der Waals surface area contributed by atoms with Gasteiger partial charge in [0.1, 0.15) is 17.9 Å². The van der Waals surface area contributed by atoms with E-state index in [2.05, 4.69) is 0 Å². The van der Waals surface area contributed by atoms with Crippen molar-refractivity contribution in [1.29, 1.82) is 0 Å². The first kappa shape index (κ1) is 16.8. The van der Waals surface area contributed by atoms with Crippen LogP contribution in [0.1, 0.15) is 35.3 Å². The minimum Gasteiger partial charge on any atom is -0.544 e. The number of carbonyl (C=O) groups excluding carboxylic acids is 2. The van der Waals surface area contributed by atoms with E-state index in [1.165, 1.54) is 24.3 Å². The number of halogens is 1. The molecule has 5 heteroatoms. The van der Waals surface area contributed by atoms with Gasteiger partial charge in [-0.2, -0.15) is 0 Å². The zero-order chi connectivity index (χ0) is 16.8. The van der Waals surface area contributed by atoms with Crippen LogP contribution in [-0.2, 0) is 4.79 Å². The third-order valence-corrected chi connectivity index (χ3v) is 3.72. The van der Waals surface area contributed by atoms with Crippen molar-refractivity contribution in [3.05, 3.63) is 71.5 Å². The van der Waals surface area contributed by atoms with Crippen LogP contribution in [0.25, 0.3) is 0 Å². The molecule has 2 rings (SSSR count). The predicted molar refractivity (Wildman–Crippen MR) is 80.9 cm³/mol. The largest absolute Gasteiger partial charge is 0.544 e. The Balaban J connectivity index is 2.05. The van der Waals surface area contributed by atoms with Gasteiger partial charge in [0.2, 0.25) is 0 Å². The van der Waals surface area contributed by atoms with Crippen LogP contribution in [-0.4, -0.2) is 17.8 Å². The lowest BCUT2D eigenvalue weighted by Gasteiger charge is -2.20. The Morgan fingerprint density at radius 3 is 2.26 bits per heavy atom. The molecule has 120 valence electrons. The van der Waals surface area contributed by atoms with Crippen LogP contribution in [0.5, 0.6) is 0 Å². The molecule has 0 amide bonds. The van der Waals surface area contributed by atoms with Gasteiger partial charge in [-0.15, -0.1) is 0 Å². The lowest BCUT2D eigenvalue weighted by atomic mass is 10.0. The van der Waals surface area contributed by atoms with Crippen molar-refractivity contribution in [3.63, 3.8) is 0 Å². The fourth-order valence-electron chi connectivity index (χ4n) is 2.40. The number of quaternary nitrogens is 1. The third-order valence-electron chi connectivity index (χ3n) is 3.72. The minimum absolute atomic E-state index is 0.125. The highest BCUT2D eigenvalue weighted by molar-refractivity contribution is 5.98. The maximum Gasteiger partial charge on any atom is 0.169 e. The van der Waals surface area contributed by atoms with Crippen molar-refractivity contribution < 1.29 is 24.4 Å². The van der Waals surface area contributed by atoms with Crippen LogP contribution >= 0.6 is 0 Å². The minimum atomic E-state index is -1.29. The molecule has 2 N–H and O–H groups in total. The Kier molecular flexibility index (Phi) is 5.60. The van der Waals surface area contributed by atoms with Crippen molar-refractivity contribution in [3.8, 4) is 0 Å². The van der Waals surface area contributed by atoms with Gasteiger partial charge in [0, 0.05) is 11.1 Å². The van der Waals surface area contributed by atoms with Gasteiger partial charge in [-0.05, 0) is 31.2 Å². The van der Waals surface area contributed by atoms with E-state index in [9.17, 15) is 19.1 Å². The van der Waals surface area contributed by atoms with E-state index >= 15 is 0 Å². The number of benzene rings is 2. The van der Waals surface area contributed by atoms with Crippen molar-refractivity contribution in [2.75, 3.05) is 0 Å². The standard InChI is InChI=1S/C18H18FNO3/c1-12(13-5-3-2-4-6-13)20-16(18(22)23)11-17(21)14-7-9-15(19)10-8-14/h2-10,12,16,20H,11H2,1H3,(H,22,23)/t12-,16+/m0/s1. The fraction of sp³-hybridized carbons (Fsp3) is 0.222. The highest BCUT2D eigenvalue weighted by Gasteiger charge is 2.22. The van der Waals surface area contributed by atoms with Crippen LogP contribution in [0.15, 0.2) is 54.6 Å². The normalized spacial score (nSPS) is 13.3. The number of hydrogen-bond donors (Lipinski definition) is 1. The quantitative estimate of drug-likeness (QED) is 0.770. The molecule has 0 saturated carbocycles. The van der Waals surface area contributed by atoms with Crippen LogP contribution in [0, 0.1) is 5.82 Å². The number of carboxylic acids is 1. The van der Waals surface area contributed by atoms with Gasteiger partial charge in [-0.25, -0.2) is 4.39 Å². The van der Waals surface area contributed by atoms with E-state index in [0.29, 0.717) is 5.56 Å². The molecule has 0 bridgehead atoms. The van der Waals surface area contributed by atoms with Crippen molar-refractivity contribution in [2.24, 2.45) is 0 Å². The van der Waals surface area contributed by atoms with Gasteiger partial charge in [0.15, 0.2) is 5.78 Å². The number of carbonyl (C=O) groups is 2. The van der Waals surface area contributed by atoms with Crippen LogP contribution in [0.2, 0.25) is 0 Å². The third kappa shape index (κ3) is 4.72. The molecular weight excluding hydrogens is 297 g/mol. The summed E-state index contributed by atoms with van der Waals surface area (Å²) in [6.07, 6.45) is -0.203. The van der Waals surface area contributed by atoms with Gasteiger partial charge in [-0.1, -0.05) is 30.3 Å². The van der Waals surface area contributed by atoms with Gasteiger partial charge < -0.3 is 15.2 Å². The number of ketones is 1. The first-order valence-electron chi connectivity index (χ1n) is 7.37. The zero-order valence-electron chi connectivity index (χ0n) is 12.7. The Morgan fingerprint density at radius 1 is 1.09 bits per heavy atom. The summed E-state index contributed by atoms with van der Waals surface area (Å²) in [4.78, 5) is 23.5. The summed E-state index contributed by atoms with van der Waals surface area (Å²) in [5, 5.41) is 12.9. The van der Waals surface area contributed by atoms with Gasteiger partial charge in [0.25, 0.3) is 0 Å². The van der Waals surface area contributed by atoms with E-state index in [-0.39, 0.29) is 18.2 Å². The van der Waals surface area contributed by atoms with Crippen molar-refractivity contribution >= 4 is 11.8 Å². The molecule has 0 spiro atoms. The highest BCUT2D eigenvalue weighted by atomic mass is 19.1. The Morgan fingerprint density at radius 2 is 1.70 bits per heavy atom. The molecule has 2 aromatic rings. The molecule has 0 heterocycles. The van der Waals surface area contributed by atoms with Crippen molar-refractivity contribution in [2.45, 2.75) is 25.4 Å². The van der Waals surface area contributed by atoms with Crippen LogP contribution < -0.4 is 10.4 Å². The summed E-state index contributed by atoms with van der Waals surface area (Å²) in [6, 6.07) is 13.4. The average molecular weight is 315 g/mol. The molecule has 2 aromatic carbocycles. The molecule has 4 nitrogen and oxygen atoms in total. The van der Waals surface area contributed by atoms with E-state index in [0.717, 1.165) is 5.56 Å². The van der Waals surface area contributed by atoms with Gasteiger partial charge in [0.05, 0.1) is 12.4 Å². The molecule has 0 aliphatic heterocycles. The van der Waals surface area contributed by atoms with Gasteiger partial charge in [-0.3, -0.25) is 4.79 Å². The molecule has 0 saturated heterocycles. The maximum absolute atomic E-state index is 12.9. The zero-order valence-corrected chi connectivity index (χ0v) is 12.7.